The van der Waals surface area contributed by atoms with Crippen LogP contribution in [0.15, 0.2) is 0 Å². The van der Waals surface area contributed by atoms with Crippen molar-refractivity contribution < 1.29 is 9.71 Å². The van der Waals surface area contributed by atoms with Gasteiger partial charge in [-0.3, -0.25) is 0 Å². The highest BCUT2D eigenvalue weighted by atomic mass is 16.5. The normalized spacial score (nSPS) is 11.5. The van der Waals surface area contributed by atoms with Crippen LogP contribution in [0.1, 0.15) is 110 Å². The fraction of sp³-hybridized carbons (Fsp3) is 1.00. The number of rotatable bonds is 17. The van der Waals surface area contributed by atoms with Crippen LogP contribution < -0.4 is 5.06 Å². The van der Waals surface area contributed by atoms with Crippen LogP contribution in [-0.2, 0) is 0 Å². The van der Waals surface area contributed by atoms with Gasteiger partial charge >= 0.3 is 0 Å². The average Bonchev–Trinajstić information content (AvgIpc) is 2.53. The molecule has 0 amide bonds. The molecule has 0 spiro atoms. The van der Waals surface area contributed by atoms with Gasteiger partial charge in [-0.1, -0.05) is 96.8 Å². The maximum Gasteiger partial charge on any atom is 0.0779 e. The Morgan fingerprint density at radius 1 is 0.577 bits per heavy atom. The average molecular weight is 375 g/mol. The molecule has 0 aliphatic rings. The number of nitrogens with zero attached hydrogens (tertiary/aromatic N) is 1. The standard InChI is InChI=1S/C20H43NO.C2H7NO/c1-4-5-6-7-8-9-10-11-12-13-14-15-16-17-18-19-20-21(2,3)22;1-3(2)4/h4-20H2,1-3H3;3H,1-2H3. The Morgan fingerprint density at radius 2 is 0.808 bits per heavy atom. The highest BCUT2D eigenvalue weighted by molar-refractivity contribution is 4.50. The molecule has 0 aromatic rings. The molecule has 0 aliphatic carbocycles. The van der Waals surface area contributed by atoms with E-state index in [0.29, 0.717) is 0 Å². The van der Waals surface area contributed by atoms with E-state index in [0.717, 1.165) is 13.0 Å². The van der Waals surface area contributed by atoms with Crippen molar-refractivity contribution >= 4 is 0 Å². The summed E-state index contributed by atoms with van der Waals surface area (Å²) >= 11 is 0. The van der Waals surface area contributed by atoms with Crippen LogP contribution >= 0.6 is 0 Å². The minimum atomic E-state index is -0.126. The fourth-order valence-electron chi connectivity index (χ4n) is 3.04. The second kappa shape index (κ2) is 21.1. The van der Waals surface area contributed by atoms with Gasteiger partial charge in [-0.25, -0.2) is 0 Å². The molecule has 0 saturated carbocycles. The van der Waals surface area contributed by atoms with Gasteiger partial charge in [-0.05, 0) is 12.8 Å². The van der Waals surface area contributed by atoms with E-state index in [1.54, 1.807) is 14.1 Å². The summed E-state index contributed by atoms with van der Waals surface area (Å²) < 4.78 is -0.126. The molecule has 4 heteroatoms. The molecule has 0 aromatic heterocycles. The third-order valence-electron chi connectivity index (χ3n) is 4.55. The smallest absolute Gasteiger partial charge is 0.0779 e. The summed E-state index contributed by atoms with van der Waals surface area (Å²) in [4.78, 5) is 0. The zero-order valence-corrected chi connectivity index (χ0v) is 18.8. The van der Waals surface area contributed by atoms with Gasteiger partial charge in [0.2, 0.25) is 0 Å². The Bertz CT molecular complexity index is 250. The number of hydroxylamine groups is 5. The predicted molar refractivity (Wildman–Crippen MR) is 116 cm³/mol. The lowest BCUT2D eigenvalue weighted by atomic mass is 10.0. The van der Waals surface area contributed by atoms with Gasteiger partial charge in [-0.2, -0.15) is 0 Å². The molecule has 0 bridgehead atoms. The third kappa shape index (κ3) is 35.0. The van der Waals surface area contributed by atoms with Crippen molar-refractivity contribution in [2.24, 2.45) is 0 Å². The lowest BCUT2D eigenvalue weighted by Gasteiger charge is -2.33. The molecule has 0 aliphatic heterocycles. The summed E-state index contributed by atoms with van der Waals surface area (Å²) in [6.45, 7) is 3.06. The molecule has 0 unspecified atom stereocenters. The van der Waals surface area contributed by atoms with E-state index in [-0.39, 0.29) is 9.71 Å². The maximum absolute atomic E-state index is 11.4. The molecule has 0 heterocycles. The molecule has 1 N–H and O–H groups in total. The van der Waals surface area contributed by atoms with Gasteiger partial charge < -0.3 is 20.1 Å². The zero-order valence-electron chi connectivity index (χ0n) is 18.8. The van der Waals surface area contributed by atoms with E-state index < -0.39 is 0 Å². The number of hydrogen-bond acceptors (Lipinski definition) is 2. The molecule has 0 aromatic carbocycles. The summed E-state index contributed by atoms with van der Waals surface area (Å²) in [5.41, 5.74) is 0. The first kappa shape index (κ1) is 28.1. The minimum Gasteiger partial charge on any atom is -0.635 e. The molecule has 0 atom stereocenters. The van der Waals surface area contributed by atoms with E-state index in [2.05, 4.69) is 6.92 Å². The van der Waals surface area contributed by atoms with Crippen molar-refractivity contribution in [2.45, 2.75) is 110 Å². The lowest BCUT2D eigenvalue weighted by Crippen LogP contribution is -3.00. The van der Waals surface area contributed by atoms with Crippen LogP contribution in [0.5, 0.6) is 0 Å². The minimum absolute atomic E-state index is 0.126. The summed E-state index contributed by atoms with van der Waals surface area (Å²) in [5, 5.41) is 21.0. The highest BCUT2D eigenvalue weighted by Crippen LogP contribution is 2.13. The summed E-state index contributed by atoms with van der Waals surface area (Å²) in [6.07, 6.45) is 22.2. The Morgan fingerprint density at radius 3 is 1.04 bits per heavy atom. The van der Waals surface area contributed by atoms with Crippen molar-refractivity contribution in [1.82, 2.24) is 0 Å². The second-order valence-corrected chi connectivity index (χ2v) is 8.51. The monoisotopic (exact) mass is 374 g/mol. The molecule has 0 rings (SSSR count). The van der Waals surface area contributed by atoms with Crippen molar-refractivity contribution in [3.05, 3.63) is 10.4 Å². The van der Waals surface area contributed by atoms with Gasteiger partial charge in [0.15, 0.2) is 0 Å². The van der Waals surface area contributed by atoms with Crippen molar-refractivity contribution in [3.63, 3.8) is 0 Å². The highest BCUT2D eigenvalue weighted by Gasteiger charge is 2.00. The van der Waals surface area contributed by atoms with E-state index in [9.17, 15) is 10.4 Å². The molecular formula is C22H50N2O2. The topological polar surface area (TPSA) is 50.6 Å². The lowest BCUT2D eigenvalue weighted by molar-refractivity contribution is -0.840. The van der Waals surface area contributed by atoms with Gasteiger partial charge in [0.1, 0.15) is 0 Å². The van der Waals surface area contributed by atoms with E-state index in [1.165, 1.54) is 110 Å². The summed E-state index contributed by atoms with van der Waals surface area (Å²) in [5.74, 6) is 0. The van der Waals surface area contributed by atoms with Crippen LogP contribution in [0.3, 0.4) is 0 Å². The molecule has 160 valence electrons. The quantitative estimate of drug-likeness (QED) is 0.209. The van der Waals surface area contributed by atoms with E-state index in [4.69, 9.17) is 0 Å². The van der Waals surface area contributed by atoms with Gasteiger partial charge in [0.05, 0.1) is 34.7 Å². The molecule has 26 heavy (non-hydrogen) atoms. The first-order valence-electron chi connectivity index (χ1n) is 11.3. The Balaban J connectivity index is 0. The first-order valence-corrected chi connectivity index (χ1v) is 11.3. The summed E-state index contributed by atoms with van der Waals surface area (Å²) in [6, 6.07) is 0. The van der Waals surface area contributed by atoms with E-state index >= 15 is 0 Å². The molecular weight excluding hydrogens is 324 g/mol. The number of unbranched alkanes of at least 4 members (excludes halogenated alkanes) is 15. The largest absolute Gasteiger partial charge is 0.635 e. The third-order valence-corrected chi connectivity index (χ3v) is 4.55. The number of nitrogens with one attached hydrogen (secondary N) is 1. The molecule has 0 fully saturated rings. The van der Waals surface area contributed by atoms with Crippen LogP contribution in [0.4, 0.5) is 0 Å². The number of quaternary nitrogens is 2. The van der Waals surface area contributed by atoms with Gasteiger partial charge in [-0.15, -0.1) is 0 Å². The van der Waals surface area contributed by atoms with Crippen LogP contribution in [0.2, 0.25) is 0 Å². The molecule has 4 nitrogen and oxygen atoms in total. The van der Waals surface area contributed by atoms with Gasteiger partial charge in [0, 0.05) is 0 Å². The Labute approximate surface area is 165 Å². The second-order valence-electron chi connectivity index (χ2n) is 8.51. The van der Waals surface area contributed by atoms with Crippen LogP contribution in [0, 0.1) is 10.4 Å². The van der Waals surface area contributed by atoms with Crippen molar-refractivity contribution in [3.8, 4) is 0 Å². The maximum atomic E-state index is 11.4. The molecule has 0 radical (unpaired) electrons. The van der Waals surface area contributed by atoms with Crippen LogP contribution in [-0.4, -0.2) is 39.4 Å². The Kier molecular flexibility index (Phi) is 22.8. The fourth-order valence-corrected chi connectivity index (χ4v) is 3.04. The van der Waals surface area contributed by atoms with Crippen molar-refractivity contribution in [1.29, 1.82) is 0 Å². The zero-order chi connectivity index (χ0) is 20.1. The molecule has 0 saturated heterocycles. The Hall–Kier alpha value is -0.160. The predicted octanol–water partition coefficient (Wildman–Crippen LogP) is 5.45. The van der Waals surface area contributed by atoms with Crippen LogP contribution in [0.25, 0.3) is 0 Å². The SMILES string of the molecule is CCCCCCCCCCCCCCCCCC[N+](C)(C)[O-].C[NH+](C)[O-]. The van der Waals surface area contributed by atoms with E-state index in [1.807, 2.05) is 0 Å². The number of hydrogen-bond donors (Lipinski definition) is 1. The van der Waals surface area contributed by atoms with Crippen molar-refractivity contribution in [2.75, 3.05) is 34.7 Å². The summed E-state index contributed by atoms with van der Waals surface area (Å²) in [7, 11) is 6.54. The first-order chi connectivity index (χ1) is 12.3. The van der Waals surface area contributed by atoms with Gasteiger partial charge in [0.25, 0.3) is 0 Å².